The number of nitrogens with zero attached hydrogens (tertiary/aromatic N) is 1. The van der Waals surface area contributed by atoms with Crippen LogP contribution in [0.3, 0.4) is 0 Å². The van der Waals surface area contributed by atoms with Crippen molar-refractivity contribution >= 4 is 0 Å². The van der Waals surface area contributed by atoms with E-state index in [0.717, 1.165) is 18.4 Å². The second-order valence-electron chi connectivity index (χ2n) is 5.70. The highest BCUT2D eigenvalue weighted by atomic mass is 16.5. The molecule has 0 aromatic carbocycles. The molecule has 2 heteroatoms. The van der Waals surface area contributed by atoms with E-state index < -0.39 is 0 Å². The number of allylic oxidation sites excluding steroid dienone is 1. The maximum Gasteiger partial charge on any atom is 0.0912 e. The smallest absolute Gasteiger partial charge is 0.0912 e. The number of hydrogen-bond acceptors (Lipinski definition) is 2. The summed E-state index contributed by atoms with van der Waals surface area (Å²) in [6.45, 7) is 2.84. The Morgan fingerprint density at radius 1 is 1.38 bits per heavy atom. The third-order valence-electron chi connectivity index (χ3n) is 4.75. The third kappa shape index (κ3) is 1.34. The quantitative estimate of drug-likeness (QED) is 0.666. The van der Waals surface area contributed by atoms with Gasteiger partial charge in [-0.25, -0.2) is 0 Å². The predicted molar refractivity (Wildman–Crippen MR) is 61.6 cm³/mol. The monoisotopic (exact) mass is 217 g/mol. The molecule has 0 aromatic heterocycles. The molecular weight excluding hydrogens is 198 g/mol. The van der Waals surface area contributed by atoms with Crippen LogP contribution in [0.2, 0.25) is 0 Å². The molecule has 86 valence electrons. The van der Waals surface area contributed by atoms with Gasteiger partial charge in [-0.2, -0.15) is 5.26 Å². The highest BCUT2D eigenvalue weighted by molar-refractivity contribution is 5.32. The van der Waals surface area contributed by atoms with E-state index in [1.165, 1.54) is 37.7 Å². The second-order valence-corrected chi connectivity index (χ2v) is 5.70. The summed E-state index contributed by atoms with van der Waals surface area (Å²) in [6, 6.07) is 2.24. The first-order chi connectivity index (χ1) is 7.77. The van der Waals surface area contributed by atoms with Crippen LogP contribution >= 0.6 is 0 Å². The standard InChI is InChI=1S/C14H19NO/c1-2-16-14-8-10-5-11(9-14)7-12(6-10)13(14)3-4-15/h3,10-12H,2,5-9H2,1H3/b13-3+/t10-,11+,12?,14?. The van der Waals surface area contributed by atoms with Gasteiger partial charge >= 0.3 is 0 Å². The first-order valence-corrected chi connectivity index (χ1v) is 6.51. The molecule has 0 spiro atoms. The average molecular weight is 217 g/mol. The first kappa shape index (κ1) is 10.4. The van der Waals surface area contributed by atoms with E-state index in [9.17, 15) is 0 Å². The Morgan fingerprint density at radius 3 is 2.62 bits per heavy atom. The largest absolute Gasteiger partial charge is 0.371 e. The van der Waals surface area contributed by atoms with Gasteiger partial charge in [0.25, 0.3) is 0 Å². The van der Waals surface area contributed by atoms with Crippen molar-refractivity contribution in [2.75, 3.05) is 6.61 Å². The van der Waals surface area contributed by atoms with Crippen molar-refractivity contribution < 1.29 is 4.74 Å². The maximum absolute atomic E-state index is 8.95. The van der Waals surface area contributed by atoms with Crippen LogP contribution in [0.5, 0.6) is 0 Å². The number of rotatable bonds is 2. The van der Waals surface area contributed by atoms with Crippen molar-refractivity contribution in [3.63, 3.8) is 0 Å². The zero-order chi connectivity index (χ0) is 11.2. The summed E-state index contributed by atoms with van der Waals surface area (Å²) in [4.78, 5) is 0. The molecule has 4 bridgehead atoms. The van der Waals surface area contributed by atoms with E-state index in [2.05, 4.69) is 13.0 Å². The Balaban J connectivity index is 1.99. The minimum absolute atomic E-state index is 0.0424. The van der Waals surface area contributed by atoms with E-state index in [4.69, 9.17) is 10.00 Å². The lowest BCUT2D eigenvalue weighted by molar-refractivity contribution is -0.117. The normalized spacial score (nSPS) is 47.2. The van der Waals surface area contributed by atoms with Crippen molar-refractivity contribution in [2.24, 2.45) is 17.8 Å². The van der Waals surface area contributed by atoms with Gasteiger partial charge in [0.2, 0.25) is 0 Å². The van der Waals surface area contributed by atoms with Crippen LogP contribution in [0.15, 0.2) is 11.6 Å². The van der Waals surface area contributed by atoms with Crippen LogP contribution in [-0.4, -0.2) is 12.2 Å². The highest BCUT2D eigenvalue weighted by Crippen LogP contribution is 2.59. The summed E-state index contributed by atoms with van der Waals surface area (Å²) in [5.41, 5.74) is 1.28. The van der Waals surface area contributed by atoms with Crippen molar-refractivity contribution in [1.82, 2.24) is 0 Å². The van der Waals surface area contributed by atoms with Gasteiger partial charge in [-0.3, -0.25) is 0 Å². The lowest BCUT2D eigenvalue weighted by atomic mass is 9.52. The fourth-order valence-corrected chi connectivity index (χ4v) is 4.57. The molecule has 0 radical (unpaired) electrons. The summed E-state index contributed by atoms with van der Waals surface area (Å²) >= 11 is 0. The van der Waals surface area contributed by atoms with E-state index in [1.807, 2.05) is 0 Å². The summed E-state index contributed by atoms with van der Waals surface area (Å²) in [5, 5.41) is 8.95. The van der Waals surface area contributed by atoms with Gasteiger partial charge < -0.3 is 4.74 Å². The lowest BCUT2D eigenvalue weighted by Gasteiger charge is -2.57. The van der Waals surface area contributed by atoms with Gasteiger partial charge in [0, 0.05) is 12.7 Å². The molecule has 0 heterocycles. The summed E-state index contributed by atoms with van der Waals surface area (Å²) in [7, 11) is 0. The number of hydrogen-bond donors (Lipinski definition) is 0. The van der Waals surface area contributed by atoms with Gasteiger partial charge in [0.15, 0.2) is 0 Å². The van der Waals surface area contributed by atoms with Crippen molar-refractivity contribution in [3.05, 3.63) is 11.6 Å². The van der Waals surface area contributed by atoms with Crippen LogP contribution in [0.4, 0.5) is 0 Å². The predicted octanol–water partition coefficient (Wildman–Crippen LogP) is 3.05. The van der Waals surface area contributed by atoms with Crippen LogP contribution in [0.1, 0.15) is 39.0 Å². The van der Waals surface area contributed by atoms with Crippen molar-refractivity contribution in [3.8, 4) is 6.07 Å². The van der Waals surface area contributed by atoms with Crippen LogP contribution in [-0.2, 0) is 4.74 Å². The molecule has 0 saturated heterocycles. The molecule has 4 aliphatic rings. The summed E-state index contributed by atoms with van der Waals surface area (Å²) in [6.07, 6.45) is 8.14. The molecule has 4 aliphatic carbocycles. The number of nitriles is 1. The Morgan fingerprint density at radius 2 is 2.06 bits per heavy atom. The number of ether oxygens (including phenoxy) is 1. The van der Waals surface area contributed by atoms with Gasteiger partial charge in [-0.05, 0) is 62.4 Å². The Bertz CT molecular complexity index is 351. The lowest BCUT2D eigenvalue weighted by Crippen LogP contribution is -2.53. The maximum atomic E-state index is 8.95. The van der Waals surface area contributed by atoms with Crippen LogP contribution < -0.4 is 0 Å². The minimum atomic E-state index is -0.0424. The molecule has 0 amide bonds. The fourth-order valence-electron chi connectivity index (χ4n) is 4.57. The molecule has 2 unspecified atom stereocenters. The zero-order valence-electron chi connectivity index (χ0n) is 9.91. The molecule has 4 atom stereocenters. The van der Waals surface area contributed by atoms with E-state index >= 15 is 0 Å². The zero-order valence-corrected chi connectivity index (χ0v) is 9.91. The molecule has 2 nitrogen and oxygen atoms in total. The Kier molecular flexibility index (Phi) is 2.33. The highest BCUT2D eigenvalue weighted by Gasteiger charge is 2.54. The SMILES string of the molecule is CCOC12C[C@@H]3CC(C[C@@H](C3)C1)/C2=C\C#N. The van der Waals surface area contributed by atoms with E-state index in [-0.39, 0.29) is 5.60 Å². The molecule has 4 saturated carbocycles. The van der Waals surface area contributed by atoms with Gasteiger partial charge in [-0.15, -0.1) is 0 Å². The molecule has 0 aromatic rings. The van der Waals surface area contributed by atoms with Crippen LogP contribution in [0, 0.1) is 29.1 Å². The minimum Gasteiger partial charge on any atom is -0.371 e. The second kappa shape index (κ2) is 3.60. The topological polar surface area (TPSA) is 33.0 Å². The van der Waals surface area contributed by atoms with Crippen LogP contribution in [0.25, 0.3) is 0 Å². The summed E-state index contributed by atoms with van der Waals surface area (Å²) in [5.74, 6) is 2.37. The van der Waals surface area contributed by atoms with E-state index in [1.54, 1.807) is 6.08 Å². The van der Waals surface area contributed by atoms with Gasteiger partial charge in [0.05, 0.1) is 11.7 Å². The molecule has 16 heavy (non-hydrogen) atoms. The van der Waals surface area contributed by atoms with E-state index in [0.29, 0.717) is 5.92 Å². The average Bonchev–Trinajstić information content (AvgIpc) is 2.23. The molecule has 0 N–H and O–H groups in total. The molecule has 4 fully saturated rings. The molecular formula is C14H19NO. The van der Waals surface area contributed by atoms with Crippen molar-refractivity contribution in [1.29, 1.82) is 5.26 Å². The fraction of sp³-hybridized carbons (Fsp3) is 0.786. The Hall–Kier alpha value is -0.810. The van der Waals surface area contributed by atoms with Crippen molar-refractivity contribution in [2.45, 2.75) is 44.6 Å². The summed E-state index contributed by atoms with van der Waals surface area (Å²) < 4.78 is 6.09. The van der Waals surface area contributed by atoms with Gasteiger partial charge in [-0.1, -0.05) is 0 Å². The van der Waals surface area contributed by atoms with Gasteiger partial charge in [0.1, 0.15) is 0 Å². The molecule has 0 aliphatic heterocycles. The Labute approximate surface area is 97.3 Å². The third-order valence-corrected chi connectivity index (χ3v) is 4.75. The molecule has 4 rings (SSSR count). The first-order valence-electron chi connectivity index (χ1n) is 6.51.